The molecule has 150 valence electrons. The zero-order valence-electron chi connectivity index (χ0n) is 17.3. The maximum atomic E-state index is 13.0. The van der Waals surface area contributed by atoms with Crippen molar-refractivity contribution in [2.24, 2.45) is 4.99 Å². The molecule has 2 atom stereocenters. The van der Waals surface area contributed by atoms with E-state index in [-0.39, 0.29) is 18.1 Å². The first-order valence-corrected chi connectivity index (χ1v) is 9.86. The summed E-state index contributed by atoms with van der Waals surface area (Å²) in [6, 6.07) is 0. The molecule has 2 heterocycles. The molecule has 0 fully saturated rings. The van der Waals surface area contributed by atoms with Gasteiger partial charge in [-0.2, -0.15) is 0 Å². The van der Waals surface area contributed by atoms with Crippen molar-refractivity contribution in [3.05, 3.63) is 11.9 Å². The number of hydrogen-bond donors (Lipinski definition) is 1. The Bertz CT molecular complexity index is 707. The van der Waals surface area contributed by atoms with Crippen molar-refractivity contribution in [2.75, 3.05) is 6.54 Å². The Balaban J connectivity index is 2.26. The minimum Gasteiger partial charge on any atom is -0.298 e. The van der Waals surface area contributed by atoms with Gasteiger partial charge < -0.3 is 0 Å². The van der Waals surface area contributed by atoms with Gasteiger partial charge >= 0.3 is 0 Å². The van der Waals surface area contributed by atoms with Crippen LogP contribution in [-0.2, 0) is 22.6 Å². The highest BCUT2D eigenvalue weighted by molar-refractivity contribution is 5.94. The molecule has 0 radical (unpaired) electrons. The maximum Gasteiger partial charge on any atom is 0.173 e. The predicted octanol–water partition coefficient (Wildman–Crippen LogP) is 2.53. The quantitative estimate of drug-likeness (QED) is 0.802. The Labute approximate surface area is 162 Å². The number of aliphatic imine (C=N–C) groups is 1. The van der Waals surface area contributed by atoms with Crippen molar-refractivity contribution in [3.8, 4) is 0 Å². The second kappa shape index (κ2) is 8.87. The molecular formula is C20H33N5O2. The van der Waals surface area contributed by atoms with E-state index in [2.05, 4.69) is 20.6 Å². The number of hydrogen-bond acceptors (Lipinski definition) is 6. The van der Waals surface area contributed by atoms with Crippen LogP contribution >= 0.6 is 0 Å². The Morgan fingerprint density at radius 2 is 1.93 bits per heavy atom. The molecule has 0 aliphatic carbocycles. The minimum atomic E-state index is -0.792. The molecule has 1 N–H and O–H groups in total. The van der Waals surface area contributed by atoms with E-state index in [4.69, 9.17) is 0 Å². The second-order valence-corrected chi connectivity index (χ2v) is 8.28. The molecule has 0 spiro atoms. The molecule has 0 aromatic carbocycles. The largest absolute Gasteiger partial charge is 0.298 e. The van der Waals surface area contributed by atoms with Gasteiger partial charge in [0.1, 0.15) is 11.3 Å². The van der Waals surface area contributed by atoms with Crippen LogP contribution in [0.3, 0.4) is 0 Å². The first-order chi connectivity index (χ1) is 12.6. The average Bonchev–Trinajstić information content (AvgIpc) is 3.02. The molecule has 1 aliphatic rings. The van der Waals surface area contributed by atoms with E-state index in [0.29, 0.717) is 12.8 Å². The zero-order valence-corrected chi connectivity index (χ0v) is 17.3. The van der Waals surface area contributed by atoms with E-state index in [1.54, 1.807) is 6.92 Å². The van der Waals surface area contributed by atoms with Crippen molar-refractivity contribution in [2.45, 2.75) is 90.8 Å². The third-order valence-corrected chi connectivity index (χ3v) is 5.48. The molecular weight excluding hydrogens is 342 g/mol. The van der Waals surface area contributed by atoms with Crippen molar-refractivity contribution >= 4 is 17.3 Å². The van der Waals surface area contributed by atoms with Gasteiger partial charge in [-0.3, -0.25) is 24.6 Å². The number of fused-ring (bicyclic) bond motifs is 2. The predicted molar refractivity (Wildman–Crippen MR) is 106 cm³/mol. The molecule has 2 unspecified atom stereocenters. The van der Waals surface area contributed by atoms with E-state index >= 15 is 0 Å². The van der Waals surface area contributed by atoms with Gasteiger partial charge in [0.25, 0.3) is 0 Å². The molecule has 2 rings (SSSR count). The van der Waals surface area contributed by atoms with Crippen LogP contribution in [0.25, 0.3) is 0 Å². The highest BCUT2D eigenvalue weighted by atomic mass is 16.1. The number of rotatable bonds is 2. The summed E-state index contributed by atoms with van der Waals surface area (Å²) in [6.07, 6.45) is 6.68. The molecule has 0 amide bonds. The number of nitrogens with one attached hydrogen (secondary N) is 1. The van der Waals surface area contributed by atoms with E-state index < -0.39 is 11.1 Å². The number of carbonyl (C=O) groups excluding carboxylic acids is 2. The number of ketones is 2. The number of carbonyl (C=O) groups is 2. The Kier molecular flexibility index (Phi) is 7.03. The standard InChI is InChI=1S/C20H33N5O2/c1-15(2)22-20(5)11-8-9-17-14-25(24-23-17)12-7-6-10-19(4,16(3)26)21-13-18(20)27/h14,21H,6-13H2,1-5H3. The van der Waals surface area contributed by atoms with E-state index in [0.717, 1.165) is 43.6 Å². The van der Waals surface area contributed by atoms with Gasteiger partial charge in [-0.25, -0.2) is 0 Å². The lowest BCUT2D eigenvalue weighted by atomic mass is 9.87. The van der Waals surface area contributed by atoms with Gasteiger partial charge in [0.05, 0.1) is 17.8 Å². The van der Waals surface area contributed by atoms with E-state index in [1.165, 1.54) is 0 Å². The van der Waals surface area contributed by atoms with Gasteiger partial charge in [0, 0.05) is 18.5 Å². The summed E-state index contributed by atoms with van der Waals surface area (Å²) >= 11 is 0. The fourth-order valence-electron chi connectivity index (χ4n) is 3.53. The third-order valence-electron chi connectivity index (χ3n) is 5.48. The number of nitrogens with zero attached hydrogens (tertiary/aromatic N) is 4. The SMILES string of the molecule is CC(=O)C1(C)CCCCn2cc(nn2)CCCC(C)(N=C(C)C)C(=O)CN1. The Morgan fingerprint density at radius 3 is 2.59 bits per heavy atom. The van der Waals surface area contributed by atoms with Crippen molar-refractivity contribution in [1.29, 1.82) is 0 Å². The van der Waals surface area contributed by atoms with Gasteiger partial charge in [-0.05, 0) is 73.1 Å². The summed E-state index contributed by atoms with van der Waals surface area (Å²) < 4.78 is 1.87. The van der Waals surface area contributed by atoms with Gasteiger partial charge in [-0.15, -0.1) is 5.10 Å². The summed E-state index contributed by atoms with van der Waals surface area (Å²) in [6.45, 7) is 10.1. The van der Waals surface area contributed by atoms with Crippen LogP contribution in [0.15, 0.2) is 11.2 Å². The minimum absolute atomic E-state index is 0.0229. The molecule has 7 nitrogen and oxygen atoms in total. The molecule has 1 aliphatic heterocycles. The van der Waals surface area contributed by atoms with E-state index in [1.807, 2.05) is 38.6 Å². The summed E-state index contributed by atoms with van der Waals surface area (Å²) in [5.41, 5.74) is 0.335. The fraction of sp³-hybridized carbons (Fsp3) is 0.750. The zero-order chi connectivity index (χ0) is 20.1. The van der Waals surface area contributed by atoms with Crippen LogP contribution in [0.1, 0.15) is 72.4 Å². The molecule has 0 saturated heterocycles. The molecule has 1 aromatic rings. The number of aryl methyl sites for hydroxylation is 2. The highest BCUT2D eigenvalue weighted by Crippen LogP contribution is 2.23. The van der Waals surface area contributed by atoms with Crippen LogP contribution in [-0.4, -0.2) is 49.9 Å². The number of Topliss-reactive ketones (excluding diaryl/α,β-unsaturated/α-hetero) is 2. The molecule has 2 bridgehead atoms. The first kappa shape index (κ1) is 21.4. The van der Waals surface area contributed by atoms with Crippen LogP contribution < -0.4 is 5.32 Å². The third kappa shape index (κ3) is 5.79. The highest BCUT2D eigenvalue weighted by Gasteiger charge is 2.35. The smallest absolute Gasteiger partial charge is 0.173 e. The molecule has 27 heavy (non-hydrogen) atoms. The van der Waals surface area contributed by atoms with Gasteiger partial charge in [0.15, 0.2) is 5.78 Å². The molecule has 1 aromatic heterocycles. The lowest BCUT2D eigenvalue weighted by molar-refractivity contribution is -0.125. The number of aromatic nitrogens is 3. The van der Waals surface area contributed by atoms with Crippen molar-refractivity contribution < 1.29 is 9.59 Å². The molecule has 0 saturated carbocycles. The summed E-state index contributed by atoms with van der Waals surface area (Å²) in [4.78, 5) is 29.9. The molecule has 7 heteroatoms. The van der Waals surface area contributed by atoms with Crippen LogP contribution in [0.2, 0.25) is 0 Å². The normalized spacial score (nSPS) is 28.1. The maximum absolute atomic E-state index is 13.0. The van der Waals surface area contributed by atoms with Gasteiger partial charge in [-0.1, -0.05) is 5.21 Å². The van der Waals surface area contributed by atoms with Crippen molar-refractivity contribution in [1.82, 2.24) is 20.3 Å². The summed E-state index contributed by atoms with van der Waals surface area (Å²) in [5, 5.41) is 11.7. The first-order valence-electron chi connectivity index (χ1n) is 9.86. The lowest BCUT2D eigenvalue weighted by Crippen LogP contribution is -2.53. The van der Waals surface area contributed by atoms with Crippen molar-refractivity contribution in [3.63, 3.8) is 0 Å². The Hall–Kier alpha value is -1.89. The lowest BCUT2D eigenvalue weighted by Gasteiger charge is -2.31. The topological polar surface area (TPSA) is 89.2 Å². The van der Waals surface area contributed by atoms with Crippen LogP contribution in [0, 0.1) is 0 Å². The average molecular weight is 376 g/mol. The fourth-order valence-corrected chi connectivity index (χ4v) is 3.53. The van der Waals surface area contributed by atoms with Crippen LogP contribution in [0.5, 0.6) is 0 Å². The summed E-state index contributed by atoms with van der Waals surface area (Å²) in [5.74, 6) is 0.0780. The second-order valence-electron chi connectivity index (χ2n) is 8.28. The summed E-state index contributed by atoms with van der Waals surface area (Å²) in [7, 11) is 0. The van der Waals surface area contributed by atoms with Crippen LogP contribution in [0.4, 0.5) is 0 Å². The monoisotopic (exact) mass is 375 g/mol. The van der Waals surface area contributed by atoms with Gasteiger partial charge in [0.2, 0.25) is 0 Å². The Morgan fingerprint density at radius 1 is 1.19 bits per heavy atom. The van der Waals surface area contributed by atoms with E-state index in [9.17, 15) is 9.59 Å².